The van der Waals surface area contributed by atoms with Crippen LogP contribution < -0.4 is 20.4 Å². The molecule has 2 aromatic carbocycles. The van der Waals surface area contributed by atoms with Crippen LogP contribution in [0.2, 0.25) is 0 Å². The molecule has 0 radical (unpaired) electrons. The van der Waals surface area contributed by atoms with Gasteiger partial charge < -0.3 is 20.0 Å². The van der Waals surface area contributed by atoms with Crippen LogP contribution >= 0.6 is 0 Å². The number of rotatable bonds is 10. The number of carboxylic acid groups (broad SMARTS) is 2. The molecule has 0 bridgehead atoms. The molecule has 0 aliphatic carbocycles. The lowest BCUT2D eigenvalue weighted by Crippen LogP contribution is -2.45. The normalized spacial score (nSPS) is 17.4. The molecule has 0 aromatic heterocycles. The van der Waals surface area contributed by atoms with Gasteiger partial charge >= 0.3 is 24.2 Å². The minimum Gasteiger partial charge on any atom is -0.465 e. The Balaban J connectivity index is 1.37. The number of amides is 8. The van der Waals surface area contributed by atoms with Crippen LogP contribution in [0.1, 0.15) is 58.1 Å². The molecule has 2 fully saturated rings. The standard InChI is InChI=1S/C31H38N6O8/c1-18-16-20(10-12-22(18)32-26(40)41)36-24(38)30(3,4)34(28(36)44)14-8-7-9-15-35-29(45)37(25(39)31(35,5)6)21-11-13-23(19(2)17-21)33-27(42)43/h10-13,16-17,32-33H,7-9,14-15H2,1-6H3,(H,40,41)(H,42,43). The lowest BCUT2D eigenvalue weighted by molar-refractivity contribution is -0.124. The largest absolute Gasteiger partial charge is 0.465 e. The number of carbonyl (C=O) groups excluding carboxylic acids is 4. The van der Waals surface area contributed by atoms with Gasteiger partial charge in [-0.3, -0.25) is 20.2 Å². The molecule has 0 unspecified atom stereocenters. The van der Waals surface area contributed by atoms with E-state index < -0.39 is 47.1 Å². The maximum atomic E-state index is 13.4. The molecule has 2 aliphatic heterocycles. The summed E-state index contributed by atoms with van der Waals surface area (Å²) in [6.45, 7) is 10.7. The van der Waals surface area contributed by atoms with Crippen molar-refractivity contribution < 1.29 is 39.0 Å². The third-order valence-corrected chi connectivity index (χ3v) is 8.33. The van der Waals surface area contributed by atoms with Crippen molar-refractivity contribution in [3.63, 3.8) is 0 Å². The van der Waals surface area contributed by atoms with Crippen molar-refractivity contribution in [2.45, 2.75) is 71.9 Å². The SMILES string of the molecule is Cc1cc(N2C(=O)N(CCCCCN3C(=O)N(c4ccc(NC(=O)O)c(C)c4)C(=O)C3(C)C)C(C)(C)C2=O)ccc1NC(=O)O. The Bertz CT molecular complexity index is 1470. The van der Waals surface area contributed by atoms with Gasteiger partial charge in [-0.15, -0.1) is 0 Å². The lowest BCUT2D eigenvalue weighted by Gasteiger charge is -2.29. The van der Waals surface area contributed by atoms with E-state index in [1.54, 1.807) is 53.7 Å². The topological polar surface area (TPSA) is 180 Å². The highest BCUT2D eigenvalue weighted by Gasteiger charge is 2.52. The first-order chi connectivity index (χ1) is 21.0. The fourth-order valence-electron chi connectivity index (χ4n) is 5.68. The molecular formula is C31H38N6O8. The number of hydrogen-bond donors (Lipinski definition) is 4. The Morgan fingerprint density at radius 1 is 0.644 bits per heavy atom. The molecule has 2 aromatic rings. The number of hydrogen-bond acceptors (Lipinski definition) is 6. The lowest BCUT2D eigenvalue weighted by atomic mass is 10.0. The van der Waals surface area contributed by atoms with Crippen molar-refractivity contribution in [3.8, 4) is 0 Å². The Morgan fingerprint density at radius 2 is 1.00 bits per heavy atom. The minimum absolute atomic E-state index is 0.296. The first-order valence-electron chi connectivity index (χ1n) is 14.5. The molecule has 0 atom stereocenters. The minimum atomic E-state index is -1.22. The molecule has 0 spiro atoms. The van der Waals surface area contributed by atoms with E-state index >= 15 is 0 Å². The number of benzene rings is 2. The molecule has 14 heteroatoms. The highest BCUT2D eigenvalue weighted by Crippen LogP contribution is 2.35. The van der Waals surface area contributed by atoms with Crippen molar-refractivity contribution in [1.29, 1.82) is 0 Å². The van der Waals surface area contributed by atoms with E-state index in [9.17, 15) is 28.8 Å². The van der Waals surface area contributed by atoms with Gasteiger partial charge in [0.05, 0.1) is 11.4 Å². The number of nitrogens with one attached hydrogen (secondary N) is 2. The Kier molecular flexibility index (Phi) is 8.81. The summed E-state index contributed by atoms with van der Waals surface area (Å²) in [7, 11) is 0. The molecule has 2 aliphatic rings. The zero-order valence-corrected chi connectivity index (χ0v) is 26.1. The van der Waals surface area contributed by atoms with Crippen LogP contribution in [0.5, 0.6) is 0 Å². The third kappa shape index (κ3) is 6.12. The van der Waals surface area contributed by atoms with Gasteiger partial charge in [0.2, 0.25) is 0 Å². The molecule has 8 amide bonds. The first kappa shape index (κ1) is 32.8. The molecule has 240 valence electrons. The van der Waals surface area contributed by atoms with Gasteiger partial charge in [0.15, 0.2) is 0 Å². The van der Waals surface area contributed by atoms with Crippen molar-refractivity contribution in [2.75, 3.05) is 33.5 Å². The smallest absolute Gasteiger partial charge is 0.409 e. The number of anilines is 4. The number of carbonyl (C=O) groups is 6. The highest BCUT2D eigenvalue weighted by atomic mass is 16.4. The summed E-state index contributed by atoms with van der Waals surface area (Å²) in [5.41, 5.74) is 0.324. The van der Waals surface area contributed by atoms with E-state index in [4.69, 9.17) is 10.2 Å². The van der Waals surface area contributed by atoms with Crippen LogP contribution in [0.25, 0.3) is 0 Å². The number of imide groups is 2. The Labute approximate surface area is 260 Å². The van der Waals surface area contributed by atoms with Gasteiger partial charge in [0.25, 0.3) is 11.8 Å². The zero-order valence-electron chi connectivity index (χ0n) is 26.1. The fraction of sp³-hybridized carbons (Fsp3) is 0.419. The second-order valence-corrected chi connectivity index (χ2v) is 12.2. The summed E-state index contributed by atoms with van der Waals surface area (Å²) in [5, 5.41) is 22.6. The molecule has 2 saturated heterocycles. The Hall–Kier alpha value is -5.14. The number of aryl methyl sites for hydroxylation is 2. The van der Waals surface area contributed by atoms with E-state index in [1.165, 1.54) is 34.1 Å². The number of nitrogens with zero attached hydrogens (tertiary/aromatic N) is 4. The summed E-state index contributed by atoms with van der Waals surface area (Å²) >= 11 is 0. The van der Waals surface area contributed by atoms with Crippen LogP contribution in [-0.2, 0) is 9.59 Å². The average molecular weight is 623 g/mol. The number of urea groups is 2. The van der Waals surface area contributed by atoms with Crippen molar-refractivity contribution >= 4 is 58.8 Å². The average Bonchev–Trinajstić information content (AvgIpc) is 3.21. The summed E-state index contributed by atoms with van der Waals surface area (Å²) in [4.78, 5) is 80.7. The fourth-order valence-corrected chi connectivity index (χ4v) is 5.68. The molecule has 2 heterocycles. The predicted octanol–water partition coefficient (Wildman–Crippen LogP) is 5.45. The van der Waals surface area contributed by atoms with Crippen molar-refractivity contribution in [3.05, 3.63) is 47.5 Å². The molecule has 45 heavy (non-hydrogen) atoms. The summed E-state index contributed by atoms with van der Waals surface area (Å²) in [5.74, 6) is -0.785. The van der Waals surface area contributed by atoms with Crippen LogP contribution in [0.4, 0.5) is 41.9 Å². The van der Waals surface area contributed by atoms with Gasteiger partial charge in [-0.05, 0) is 108 Å². The van der Waals surface area contributed by atoms with Crippen LogP contribution in [0.3, 0.4) is 0 Å². The highest BCUT2D eigenvalue weighted by molar-refractivity contribution is 6.23. The molecule has 4 N–H and O–H groups in total. The second-order valence-electron chi connectivity index (χ2n) is 12.2. The maximum Gasteiger partial charge on any atom is 0.409 e. The summed E-state index contributed by atoms with van der Waals surface area (Å²) < 4.78 is 0. The molecular weight excluding hydrogens is 584 g/mol. The van der Waals surface area contributed by atoms with E-state index in [0.717, 1.165) is 9.80 Å². The molecule has 14 nitrogen and oxygen atoms in total. The summed E-state index contributed by atoms with van der Waals surface area (Å²) in [6.07, 6.45) is -0.719. The van der Waals surface area contributed by atoms with Crippen LogP contribution in [-0.4, -0.2) is 80.2 Å². The van der Waals surface area contributed by atoms with Gasteiger partial charge in [-0.1, -0.05) is 0 Å². The third-order valence-electron chi connectivity index (χ3n) is 8.33. The molecule has 0 saturated carbocycles. The van der Waals surface area contributed by atoms with Crippen molar-refractivity contribution in [2.24, 2.45) is 0 Å². The monoisotopic (exact) mass is 622 g/mol. The van der Waals surface area contributed by atoms with E-state index in [2.05, 4.69) is 10.6 Å². The van der Waals surface area contributed by atoms with Gasteiger partial charge in [-0.2, -0.15) is 0 Å². The zero-order chi connectivity index (χ0) is 33.4. The van der Waals surface area contributed by atoms with Crippen LogP contribution in [0, 0.1) is 13.8 Å². The van der Waals surface area contributed by atoms with Gasteiger partial charge in [0, 0.05) is 24.5 Å². The second kappa shape index (κ2) is 12.1. The number of unbranched alkanes of at least 4 members (excludes halogenated alkanes) is 2. The quantitative estimate of drug-likeness (QED) is 0.199. The summed E-state index contributed by atoms with van der Waals surface area (Å²) in [6, 6.07) is 8.29. The molecule has 4 rings (SSSR count). The van der Waals surface area contributed by atoms with Crippen molar-refractivity contribution in [1.82, 2.24) is 9.80 Å². The predicted molar refractivity (Wildman–Crippen MR) is 167 cm³/mol. The van der Waals surface area contributed by atoms with E-state index in [1.807, 2.05) is 0 Å². The Morgan fingerprint density at radius 3 is 1.31 bits per heavy atom. The van der Waals surface area contributed by atoms with E-state index in [-0.39, 0.29) is 0 Å². The van der Waals surface area contributed by atoms with Crippen LogP contribution in [0.15, 0.2) is 36.4 Å². The first-order valence-corrected chi connectivity index (χ1v) is 14.5. The van der Waals surface area contributed by atoms with Gasteiger partial charge in [-0.25, -0.2) is 29.0 Å². The maximum absolute atomic E-state index is 13.4. The van der Waals surface area contributed by atoms with E-state index in [0.29, 0.717) is 66.2 Å². The van der Waals surface area contributed by atoms with Gasteiger partial charge in [0.1, 0.15) is 11.1 Å².